The number of nitrogens with zero attached hydrogens (tertiary/aromatic N) is 1. The highest BCUT2D eigenvalue weighted by Gasteiger charge is 2.55. The van der Waals surface area contributed by atoms with Gasteiger partial charge in [-0.2, -0.15) is 0 Å². The minimum atomic E-state index is 0.777. The van der Waals surface area contributed by atoms with Gasteiger partial charge in [0.25, 0.3) is 0 Å². The van der Waals surface area contributed by atoms with Crippen LogP contribution < -0.4 is 0 Å². The van der Waals surface area contributed by atoms with Gasteiger partial charge in [-0.3, -0.25) is 4.90 Å². The van der Waals surface area contributed by atoms with Crippen LogP contribution in [0.3, 0.4) is 0 Å². The zero-order valence-corrected chi connectivity index (χ0v) is 12.7. The van der Waals surface area contributed by atoms with Gasteiger partial charge in [-0.05, 0) is 94.0 Å². The number of likely N-dealkylation sites (tertiary alicyclic amines) is 1. The first-order valence-electron chi connectivity index (χ1n) is 9.03. The van der Waals surface area contributed by atoms with Gasteiger partial charge in [0.2, 0.25) is 0 Å². The number of hydrogen-bond acceptors (Lipinski definition) is 1. The molecular weight excluding hydrogens is 230 g/mol. The van der Waals surface area contributed by atoms with Crippen LogP contribution in [-0.2, 0) is 0 Å². The van der Waals surface area contributed by atoms with Crippen LogP contribution in [0.1, 0.15) is 71.1 Å². The monoisotopic (exact) mass is 261 g/mol. The van der Waals surface area contributed by atoms with E-state index >= 15 is 0 Å². The maximum atomic E-state index is 2.91. The predicted octanol–water partition coefficient (Wildman–Crippen LogP) is 4.47. The summed E-state index contributed by atoms with van der Waals surface area (Å²) in [5, 5.41) is 0. The van der Waals surface area contributed by atoms with Crippen molar-refractivity contribution < 1.29 is 0 Å². The normalized spacial score (nSPS) is 49.1. The Kier molecular flexibility index (Phi) is 3.17. The van der Waals surface area contributed by atoms with Gasteiger partial charge >= 0.3 is 0 Å². The van der Waals surface area contributed by atoms with Crippen LogP contribution in [0.25, 0.3) is 0 Å². The molecule has 108 valence electrons. The largest absolute Gasteiger partial charge is 0.300 e. The molecule has 0 amide bonds. The molecule has 4 bridgehead atoms. The fraction of sp³-hybridized carbons (Fsp3) is 1.00. The standard InChI is InChI=1S/C18H31N/c1-2-3-6-19-7-4-5-17(19)18-11-14-8-15(12-18)10-16(9-14)13-18/h14-17H,2-13H2,1H3/t14?,15?,16?,17-,18?/m1/s1. The second-order valence-electron chi connectivity index (χ2n) is 8.33. The van der Waals surface area contributed by atoms with Crippen molar-refractivity contribution in [3.05, 3.63) is 0 Å². The third-order valence-electron chi connectivity index (χ3n) is 6.96. The van der Waals surface area contributed by atoms with Crippen molar-refractivity contribution >= 4 is 0 Å². The molecule has 1 nitrogen and oxygen atoms in total. The van der Waals surface area contributed by atoms with Crippen LogP contribution >= 0.6 is 0 Å². The van der Waals surface area contributed by atoms with E-state index in [4.69, 9.17) is 0 Å². The molecule has 5 aliphatic rings. The molecule has 19 heavy (non-hydrogen) atoms. The Morgan fingerprint density at radius 1 is 1.00 bits per heavy atom. The Hall–Kier alpha value is -0.0400. The smallest absolute Gasteiger partial charge is 0.0152 e. The van der Waals surface area contributed by atoms with Gasteiger partial charge in [0.15, 0.2) is 0 Å². The SMILES string of the molecule is CCCCN1CCC[C@@H]1C12CC3CC(CC(C3)C1)C2. The second kappa shape index (κ2) is 4.76. The predicted molar refractivity (Wildman–Crippen MR) is 80.1 cm³/mol. The molecule has 0 N–H and O–H groups in total. The van der Waals surface area contributed by atoms with Crippen LogP contribution in [0.2, 0.25) is 0 Å². The molecule has 5 rings (SSSR count). The van der Waals surface area contributed by atoms with Gasteiger partial charge in [-0.15, -0.1) is 0 Å². The minimum absolute atomic E-state index is 0.777. The highest BCUT2D eigenvalue weighted by molar-refractivity contribution is 5.07. The Balaban J connectivity index is 1.54. The lowest BCUT2D eigenvalue weighted by Crippen LogP contribution is -2.55. The molecule has 4 aliphatic carbocycles. The van der Waals surface area contributed by atoms with Gasteiger partial charge in [0, 0.05) is 6.04 Å². The summed E-state index contributed by atoms with van der Waals surface area (Å²) in [4.78, 5) is 2.91. The van der Waals surface area contributed by atoms with E-state index in [9.17, 15) is 0 Å². The number of rotatable bonds is 4. The molecule has 1 atom stereocenters. The summed E-state index contributed by atoms with van der Waals surface area (Å²) in [5.41, 5.74) is 0.777. The third kappa shape index (κ3) is 2.07. The van der Waals surface area contributed by atoms with Crippen molar-refractivity contribution in [2.24, 2.45) is 23.2 Å². The Morgan fingerprint density at radius 2 is 1.63 bits per heavy atom. The van der Waals surface area contributed by atoms with Gasteiger partial charge in [-0.1, -0.05) is 13.3 Å². The van der Waals surface area contributed by atoms with Crippen LogP contribution in [0.15, 0.2) is 0 Å². The van der Waals surface area contributed by atoms with Gasteiger partial charge in [0.1, 0.15) is 0 Å². The first-order chi connectivity index (χ1) is 9.29. The van der Waals surface area contributed by atoms with E-state index in [2.05, 4.69) is 11.8 Å². The van der Waals surface area contributed by atoms with Gasteiger partial charge in [-0.25, -0.2) is 0 Å². The third-order valence-corrected chi connectivity index (χ3v) is 6.96. The molecule has 1 heteroatoms. The lowest BCUT2D eigenvalue weighted by molar-refractivity contribution is -0.0928. The zero-order valence-electron chi connectivity index (χ0n) is 12.7. The molecule has 1 heterocycles. The van der Waals surface area contributed by atoms with E-state index in [0.717, 1.165) is 29.2 Å². The van der Waals surface area contributed by atoms with Crippen molar-refractivity contribution in [3.8, 4) is 0 Å². The van der Waals surface area contributed by atoms with E-state index in [1.807, 2.05) is 0 Å². The summed E-state index contributed by atoms with van der Waals surface area (Å²) < 4.78 is 0. The molecule has 1 saturated heterocycles. The molecule has 0 unspecified atom stereocenters. The van der Waals surface area contributed by atoms with Crippen molar-refractivity contribution in [1.29, 1.82) is 0 Å². The summed E-state index contributed by atoms with van der Waals surface area (Å²) in [7, 11) is 0. The van der Waals surface area contributed by atoms with E-state index < -0.39 is 0 Å². The van der Waals surface area contributed by atoms with Gasteiger partial charge in [0.05, 0.1) is 0 Å². The lowest BCUT2D eigenvalue weighted by Gasteiger charge is -2.60. The minimum Gasteiger partial charge on any atom is -0.300 e. The van der Waals surface area contributed by atoms with E-state index in [1.165, 1.54) is 38.8 Å². The Bertz CT molecular complexity index is 299. The quantitative estimate of drug-likeness (QED) is 0.722. The van der Waals surface area contributed by atoms with Crippen LogP contribution in [0, 0.1) is 23.2 Å². The first kappa shape index (κ1) is 12.7. The van der Waals surface area contributed by atoms with Crippen molar-refractivity contribution in [2.45, 2.75) is 77.2 Å². The van der Waals surface area contributed by atoms with Crippen molar-refractivity contribution in [1.82, 2.24) is 4.90 Å². The summed E-state index contributed by atoms with van der Waals surface area (Å²) in [5.74, 6) is 3.37. The molecule has 5 fully saturated rings. The first-order valence-corrected chi connectivity index (χ1v) is 9.03. The second-order valence-corrected chi connectivity index (χ2v) is 8.33. The average molecular weight is 261 g/mol. The molecule has 0 aromatic heterocycles. The summed E-state index contributed by atoms with van der Waals surface area (Å²) in [6.07, 6.45) is 15.4. The Labute approximate surface area is 119 Å². The molecular formula is C18H31N. The van der Waals surface area contributed by atoms with Crippen molar-refractivity contribution in [3.63, 3.8) is 0 Å². The van der Waals surface area contributed by atoms with E-state index in [0.29, 0.717) is 0 Å². The van der Waals surface area contributed by atoms with E-state index in [1.54, 1.807) is 38.5 Å². The number of unbranched alkanes of at least 4 members (excludes halogenated alkanes) is 1. The van der Waals surface area contributed by atoms with Crippen LogP contribution in [0.4, 0.5) is 0 Å². The van der Waals surface area contributed by atoms with Crippen molar-refractivity contribution in [2.75, 3.05) is 13.1 Å². The highest BCUT2D eigenvalue weighted by Crippen LogP contribution is 2.63. The molecule has 1 aliphatic heterocycles. The molecule has 0 spiro atoms. The maximum absolute atomic E-state index is 2.91. The topological polar surface area (TPSA) is 3.24 Å². The summed E-state index contributed by atoms with van der Waals surface area (Å²) >= 11 is 0. The zero-order chi connectivity index (χ0) is 12.9. The lowest BCUT2D eigenvalue weighted by atomic mass is 9.47. The summed E-state index contributed by atoms with van der Waals surface area (Å²) in [6.45, 7) is 5.14. The number of hydrogen-bond donors (Lipinski definition) is 0. The fourth-order valence-corrected chi connectivity index (χ4v) is 6.73. The maximum Gasteiger partial charge on any atom is 0.0152 e. The average Bonchev–Trinajstić information content (AvgIpc) is 2.83. The van der Waals surface area contributed by atoms with E-state index in [-0.39, 0.29) is 0 Å². The molecule has 0 aromatic rings. The summed E-state index contributed by atoms with van der Waals surface area (Å²) in [6, 6.07) is 0.979. The fourth-order valence-electron chi connectivity index (χ4n) is 6.73. The highest BCUT2D eigenvalue weighted by atomic mass is 15.2. The molecule has 0 aromatic carbocycles. The Morgan fingerprint density at radius 3 is 2.21 bits per heavy atom. The van der Waals surface area contributed by atoms with Crippen LogP contribution in [0.5, 0.6) is 0 Å². The van der Waals surface area contributed by atoms with Gasteiger partial charge < -0.3 is 0 Å². The van der Waals surface area contributed by atoms with Crippen LogP contribution in [-0.4, -0.2) is 24.0 Å². The molecule has 0 radical (unpaired) electrons. The molecule has 4 saturated carbocycles.